The van der Waals surface area contributed by atoms with Gasteiger partial charge in [-0.25, -0.2) is 4.79 Å². The monoisotopic (exact) mass is 277 g/mol. The Morgan fingerprint density at radius 3 is 2.71 bits per heavy atom. The standard InChI is InChI=1S/C10H15NO4S2/c12-9(11-10(13)15-8-17)14-6-4-2-1-3-5-7-16/h1-5,7,10,13,16-17H,6,8H2,(H,11,12)/b3-1+,4-2+,7-5+. The molecule has 0 saturated heterocycles. The van der Waals surface area contributed by atoms with Crippen LogP contribution in [0.3, 0.4) is 0 Å². The Morgan fingerprint density at radius 1 is 1.35 bits per heavy atom. The number of carbonyl (C=O) groups is 1. The molecule has 96 valence electrons. The molecule has 0 bridgehead atoms. The highest BCUT2D eigenvalue weighted by atomic mass is 32.1. The SMILES string of the molecule is O=C(NC(O)OCS)OC/C=C/C=C/C=C/S. The number of aliphatic hydroxyl groups is 1. The third kappa shape index (κ3) is 11.4. The number of ether oxygens (including phenoxy) is 2. The van der Waals surface area contributed by atoms with Crippen LogP contribution in [-0.2, 0) is 9.47 Å². The Kier molecular flexibility index (Phi) is 11.0. The van der Waals surface area contributed by atoms with Crippen molar-refractivity contribution in [1.29, 1.82) is 0 Å². The summed E-state index contributed by atoms with van der Waals surface area (Å²) in [5.74, 6) is -0.00912. The zero-order valence-electron chi connectivity index (χ0n) is 9.02. The average molecular weight is 277 g/mol. The van der Waals surface area contributed by atoms with Crippen molar-refractivity contribution >= 4 is 31.4 Å². The highest BCUT2D eigenvalue weighted by Crippen LogP contribution is 1.88. The van der Waals surface area contributed by atoms with Gasteiger partial charge in [0, 0.05) is 0 Å². The van der Waals surface area contributed by atoms with Gasteiger partial charge in [0.2, 0.25) is 6.41 Å². The highest BCUT2D eigenvalue weighted by Gasteiger charge is 2.07. The first kappa shape index (κ1) is 16.1. The van der Waals surface area contributed by atoms with Gasteiger partial charge in [0.05, 0.1) is 5.94 Å². The maximum absolute atomic E-state index is 11.0. The van der Waals surface area contributed by atoms with E-state index in [1.807, 2.05) is 5.32 Å². The molecular formula is C10H15NO4S2. The third-order valence-corrected chi connectivity index (χ3v) is 1.66. The van der Waals surface area contributed by atoms with Crippen LogP contribution in [0.25, 0.3) is 0 Å². The van der Waals surface area contributed by atoms with Crippen LogP contribution in [0, 0.1) is 0 Å². The molecule has 0 aliphatic rings. The van der Waals surface area contributed by atoms with Gasteiger partial charge < -0.3 is 14.6 Å². The van der Waals surface area contributed by atoms with Crippen LogP contribution in [0.5, 0.6) is 0 Å². The Labute approximate surface area is 111 Å². The van der Waals surface area contributed by atoms with Crippen molar-refractivity contribution in [3.05, 3.63) is 35.8 Å². The van der Waals surface area contributed by atoms with Gasteiger partial charge in [-0.15, -0.1) is 0 Å². The summed E-state index contributed by atoms with van der Waals surface area (Å²) in [6.07, 6.45) is 6.43. The van der Waals surface area contributed by atoms with E-state index in [9.17, 15) is 4.79 Å². The van der Waals surface area contributed by atoms with Crippen LogP contribution < -0.4 is 5.32 Å². The van der Waals surface area contributed by atoms with E-state index in [1.54, 1.807) is 35.8 Å². The molecule has 0 aromatic carbocycles. The van der Waals surface area contributed by atoms with E-state index >= 15 is 0 Å². The van der Waals surface area contributed by atoms with Gasteiger partial charge in [0.25, 0.3) is 0 Å². The van der Waals surface area contributed by atoms with Gasteiger partial charge in [-0.3, -0.25) is 5.32 Å². The number of carbonyl (C=O) groups excluding carboxylic acids is 1. The molecule has 0 rings (SSSR count). The van der Waals surface area contributed by atoms with E-state index in [1.165, 1.54) is 0 Å². The molecular weight excluding hydrogens is 262 g/mol. The van der Waals surface area contributed by atoms with Crippen LogP contribution in [-0.4, -0.2) is 30.2 Å². The second-order valence-corrected chi connectivity index (χ2v) is 3.10. The molecule has 1 unspecified atom stereocenters. The van der Waals surface area contributed by atoms with E-state index < -0.39 is 12.5 Å². The summed E-state index contributed by atoms with van der Waals surface area (Å²) >= 11 is 7.57. The molecule has 0 fully saturated rings. The Hall–Kier alpha value is -0.890. The number of nitrogens with one attached hydrogen (secondary N) is 1. The predicted molar refractivity (Wildman–Crippen MR) is 71.8 cm³/mol. The fourth-order valence-corrected chi connectivity index (χ4v) is 0.931. The number of hydrogen-bond acceptors (Lipinski definition) is 6. The quantitative estimate of drug-likeness (QED) is 0.323. The largest absolute Gasteiger partial charge is 0.445 e. The molecule has 0 aromatic heterocycles. The van der Waals surface area contributed by atoms with Crippen LogP contribution >= 0.6 is 25.3 Å². The Bertz CT molecular complexity index is 292. The number of aliphatic hydroxyl groups excluding tert-OH is 1. The molecule has 0 saturated carbocycles. The summed E-state index contributed by atoms with van der Waals surface area (Å²) in [7, 11) is 0. The van der Waals surface area contributed by atoms with Gasteiger partial charge in [-0.05, 0) is 11.5 Å². The molecule has 0 aliphatic carbocycles. The van der Waals surface area contributed by atoms with Gasteiger partial charge >= 0.3 is 6.09 Å². The summed E-state index contributed by atoms with van der Waals surface area (Å²) in [5.41, 5.74) is 0. The maximum atomic E-state index is 11.0. The van der Waals surface area contributed by atoms with Crippen molar-refractivity contribution in [3.8, 4) is 0 Å². The average Bonchev–Trinajstić information content (AvgIpc) is 2.28. The Balaban J connectivity index is 3.63. The highest BCUT2D eigenvalue weighted by molar-refractivity contribution is 7.83. The zero-order chi connectivity index (χ0) is 12.9. The summed E-state index contributed by atoms with van der Waals surface area (Å²) in [4.78, 5) is 11.0. The number of amides is 1. The van der Waals surface area contributed by atoms with Crippen molar-refractivity contribution in [1.82, 2.24) is 5.32 Å². The van der Waals surface area contributed by atoms with Crippen molar-refractivity contribution in [2.24, 2.45) is 0 Å². The summed E-state index contributed by atoms with van der Waals surface area (Å²) in [5, 5.41) is 12.6. The second-order valence-electron chi connectivity index (χ2n) is 2.55. The lowest BCUT2D eigenvalue weighted by Crippen LogP contribution is -2.36. The molecule has 1 atom stereocenters. The first-order valence-electron chi connectivity index (χ1n) is 4.67. The molecule has 7 heteroatoms. The van der Waals surface area contributed by atoms with E-state index in [-0.39, 0.29) is 12.5 Å². The minimum atomic E-state index is -1.41. The normalized spacial score (nSPS) is 13.6. The summed E-state index contributed by atoms with van der Waals surface area (Å²) in [6.45, 7) is 0.0916. The molecule has 0 aromatic rings. The van der Waals surface area contributed by atoms with Crippen LogP contribution in [0.2, 0.25) is 0 Å². The zero-order valence-corrected chi connectivity index (χ0v) is 10.8. The third-order valence-electron chi connectivity index (χ3n) is 1.34. The topological polar surface area (TPSA) is 67.8 Å². The number of hydrogen-bond donors (Lipinski definition) is 4. The second kappa shape index (κ2) is 11.6. The summed E-state index contributed by atoms with van der Waals surface area (Å²) in [6, 6.07) is 0. The van der Waals surface area contributed by atoms with E-state index in [4.69, 9.17) is 9.84 Å². The predicted octanol–water partition coefficient (Wildman–Crippen LogP) is 1.45. The lowest BCUT2D eigenvalue weighted by molar-refractivity contribution is -0.0976. The van der Waals surface area contributed by atoms with Crippen LogP contribution in [0.4, 0.5) is 4.79 Å². The lowest BCUT2D eigenvalue weighted by atomic mass is 10.4. The summed E-state index contributed by atoms with van der Waals surface area (Å²) < 4.78 is 9.24. The first-order chi connectivity index (χ1) is 8.20. The molecule has 2 N–H and O–H groups in total. The number of thiol groups is 2. The van der Waals surface area contributed by atoms with Crippen molar-refractivity contribution in [2.75, 3.05) is 12.5 Å². The molecule has 0 heterocycles. The van der Waals surface area contributed by atoms with Gasteiger partial charge in [-0.2, -0.15) is 25.3 Å². The molecule has 0 radical (unpaired) electrons. The minimum Gasteiger partial charge on any atom is -0.445 e. The lowest BCUT2D eigenvalue weighted by Gasteiger charge is -2.11. The maximum Gasteiger partial charge on any atom is 0.411 e. The van der Waals surface area contributed by atoms with Crippen molar-refractivity contribution in [2.45, 2.75) is 6.41 Å². The van der Waals surface area contributed by atoms with Gasteiger partial charge in [-0.1, -0.05) is 24.3 Å². The molecule has 1 amide bonds. The number of allylic oxidation sites excluding steroid dienone is 4. The number of rotatable bonds is 7. The smallest absolute Gasteiger partial charge is 0.411 e. The molecule has 5 nitrogen and oxygen atoms in total. The molecule has 17 heavy (non-hydrogen) atoms. The van der Waals surface area contributed by atoms with Gasteiger partial charge in [0.15, 0.2) is 0 Å². The van der Waals surface area contributed by atoms with E-state index in [0.29, 0.717) is 0 Å². The van der Waals surface area contributed by atoms with Crippen molar-refractivity contribution < 1.29 is 19.4 Å². The Morgan fingerprint density at radius 2 is 2.06 bits per heavy atom. The van der Waals surface area contributed by atoms with E-state index in [2.05, 4.69) is 30.0 Å². The number of alkyl carbamates (subject to hydrolysis) is 1. The fraction of sp³-hybridized carbons (Fsp3) is 0.300. The van der Waals surface area contributed by atoms with Crippen LogP contribution in [0.15, 0.2) is 35.8 Å². The fourth-order valence-electron chi connectivity index (χ4n) is 0.691. The van der Waals surface area contributed by atoms with Crippen LogP contribution in [0.1, 0.15) is 0 Å². The van der Waals surface area contributed by atoms with Crippen molar-refractivity contribution in [3.63, 3.8) is 0 Å². The molecule has 0 spiro atoms. The minimum absolute atomic E-state index is 0.00912. The van der Waals surface area contributed by atoms with E-state index in [0.717, 1.165) is 0 Å². The molecule has 0 aliphatic heterocycles. The first-order valence-corrected chi connectivity index (χ1v) is 5.82. The van der Waals surface area contributed by atoms with Gasteiger partial charge in [0.1, 0.15) is 6.61 Å².